The molecule has 4 aromatic rings. The van der Waals surface area contributed by atoms with Crippen molar-refractivity contribution in [2.45, 2.75) is 6.42 Å². The second-order valence-corrected chi connectivity index (χ2v) is 6.82. The van der Waals surface area contributed by atoms with Gasteiger partial charge in [0.1, 0.15) is 5.01 Å². The van der Waals surface area contributed by atoms with Crippen LogP contribution in [0.2, 0.25) is 0 Å². The van der Waals surface area contributed by atoms with Gasteiger partial charge in [0.05, 0.1) is 23.0 Å². The average Bonchev–Trinajstić information content (AvgIpc) is 3.31. The molecule has 0 saturated carbocycles. The zero-order chi connectivity index (χ0) is 17.9. The number of hydrogen-bond donors (Lipinski definition) is 1. The normalized spacial score (nSPS) is 11.8. The van der Waals surface area contributed by atoms with Gasteiger partial charge < -0.3 is 9.67 Å². The number of carboxylic acids is 1. The Labute approximate surface area is 153 Å². The smallest absolute Gasteiger partial charge is 0.307 e. The van der Waals surface area contributed by atoms with E-state index in [1.807, 2.05) is 65.4 Å². The Morgan fingerprint density at radius 2 is 1.96 bits per heavy atom. The SMILES string of the molecule is O=C(O)C/C(=C\c1ccc(-n2ccnc2)cc1)c1nc2ccccc2s1. The molecule has 5 nitrogen and oxygen atoms in total. The Morgan fingerprint density at radius 3 is 2.65 bits per heavy atom. The Kier molecular flexibility index (Phi) is 4.33. The molecule has 0 bridgehead atoms. The number of para-hydroxylation sites is 1. The Morgan fingerprint density at radius 1 is 1.15 bits per heavy atom. The van der Waals surface area contributed by atoms with E-state index >= 15 is 0 Å². The van der Waals surface area contributed by atoms with Crippen molar-refractivity contribution in [3.05, 3.63) is 77.8 Å². The van der Waals surface area contributed by atoms with Crippen LogP contribution in [0.25, 0.3) is 27.6 Å². The number of nitrogens with zero attached hydrogens (tertiary/aromatic N) is 3. The molecule has 0 radical (unpaired) electrons. The minimum absolute atomic E-state index is 0.0664. The fourth-order valence-electron chi connectivity index (χ4n) is 2.72. The van der Waals surface area contributed by atoms with Gasteiger partial charge in [0.25, 0.3) is 0 Å². The first-order valence-corrected chi connectivity index (χ1v) is 8.87. The summed E-state index contributed by atoms with van der Waals surface area (Å²) in [5.74, 6) is -0.870. The average molecular weight is 361 g/mol. The highest BCUT2D eigenvalue weighted by Crippen LogP contribution is 2.30. The molecule has 0 atom stereocenters. The third-order valence-corrected chi connectivity index (χ3v) is 5.06. The number of thiazole rings is 1. The summed E-state index contributed by atoms with van der Waals surface area (Å²) in [6, 6.07) is 15.7. The minimum Gasteiger partial charge on any atom is -0.481 e. The molecule has 0 unspecified atom stereocenters. The Bertz CT molecular complexity index is 1050. The van der Waals surface area contributed by atoms with Crippen LogP contribution in [-0.2, 0) is 4.79 Å². The lowest BCUT2D eigenvalue weighted by Crippen LogP contribution is -1.97. The van der Waals surface area contributed by atoms with Crippen LogP contribution in [0.15, 0.2) is 67.3 Å². The Balaban J connectivity index is 1.70. The molecule has 0 aliphatic heterocycles. The van der Waals surface area contributed by atoms with Crippen LogP contribution >= 0.6 is 11.3 Å². The van der Waals surface area contributed by atoms with Gasteiger partial charge in [0, 0.05) is 18.1 Å². The van der Waals surface area contributed by atoms with Gasteiger partial charge in [-0.05, 0) is 41.5 Å². The first-order chi connectivity index (χ1) is 12.7. The predicted molar refractivity (Wildman–Crippen MR) is 103 cm³/mol. The van der Waals surface area contributed by atoms with Gasteiger partial charge in [-0.2, -0.15) is 0 Å². The maximum Gasteiger partial charge on any atom is 0.307 e. The molecule has 0 aliphatic rings. The number of benzene rings is 2. The van der Waals surface area contributed by atoms with Gasteiger partial charge in [0.15, 0.2) is 0 Å². The standard InChI is InChI=1S/C20H15N3O2S/c24-19(25)12-15(20-22-17-3-1-2-4-18(17)26-20)11-14-5-7-16(8-6-14)23-10-9-21-13-23/h1-11,13H,12H2,(H,24,25)/b15-11+. The van der Waals surface area contributed by atoms with Gasteiger partial charge in [0.2, 0.25) is 0 Å². The summed E-state index contributed by atoms with van der Waals surface area (Å²) >= 11 is 1.51. The molecule has 2 heterocycles. The molecule has 2 aromatic carbocycles. The van der Waals surface area contributed by atoms with E-state index in [0.29, 0.717) is 5.57 Å². The lowest BCUT2D eigenvalue weighted by Gasteiger charge is -2.04. The summed E-state index contributed by atoms with van der Waals surface area (Å²) in [5.41, 5.74) is 3.53. The summed E-state index contributed by atoms with van der Waals surface area (Å²) < 4.78 is 2.97. The highest BCUT2D eigenvalue weighted by atomic mass is 32.1. The van der Waals surface area contributed by atoms with Crippen LogP contribution in [0.3, 0.4) is 0 Å². The number of fused-ring (bicyclic) bond motifs is 1. The zero-order valence-corrected chi connectivity index (χ0v) is 14.6. The largest absolute Gasteiger partial charge is 0.481 e. The first kappa shape index (κ1) is 16.2. The predicted octanol–water partition coefficient (Wildman–Crippen LogP) is 4.50. The van der Waals surface area contributed by atoms with Crippen molar-refractivity contribution in [3.63, 3.8) is 0 Å². The number of imidazole rings is 1. The topological polar surface area (TPSA) is 68.0 Å². The van der Waals surface area contributed by atoms with Crippen molar-refractivity contribution < 1.29 is 9.90 Å². The highest BCUT2D eigenvalue weighted by Gasteiger charge is 2.12. The minimum atomic E-state index is -0.870. The number of carboxylic acid groups (broad SMARTS) is 1. The molecule has 2 aromatic heterocycles. The fraction of sp³-hybridized carbons (Fsp3) is 0.0500. The number of aromatic nitrogens is 3. The number of carbonyl (C=O) groups is 1. The lowest BCUT2D eigenvalue weighted by atomic mass is 10.1. The Hall–Kier alpha value is -3.25. The molecule has 0 amide bonds. The number of aliphatic carboxylic acids is 1. The second-order valence-electron chi connectivity index (χ2n) is 5.79. The van der Waals surface area contributed by atoms with Crippen molar-refractivity contribution in [2.75, 3.05) is 0 Å². The maximum absolute atomic E-state index is 11.3. The third kappa shape index (κ3) is 3.41. The molecular weight excluding hydrogens is 346 g/mol. The van der Waals surface area contributed by atoms with Gasteiger partial charge in [-0.15, -0.1) is 11.3 Å². The van der Waals surface area contributed by atoms with Crippen molar-refractivity contribution >= 4 is 39.2 Å². The quantitative estimate of drug-likeness (QED) is 0.568. The van der Waals surface area contributed by atoms with Crippen LogP contribution in [0.5, 0.6) is 0 Å². The van der Waals surface area contributed by atoms with Crippen molar-refractivity contribution in [1.29, 1.82) is 0 Å². The van der Waals surface area contributed by atoms with E-state index in [0.717, 1.165) is 26.5 Å². The van der Waals surface area contributed by atoms with Gasteiger partial charge in [-0.25, -0.2) is 9.97 Å². The van der Waals surface area contributed by atoms with E-state index in [-0.39, 0.29) is 6.42 Å². The molecule has 0 saturated heterocycles. The van der Waals surface area contributed by atoms with E-state index in [1.165, 1.54) is 11.3 Å². The fourth-order valence-corrected chi connectivity index (χ4v) is 3.70. The van der Waals surface area contributed by atoms with E-state index in [2.05, 4.69) is 9.97 Å². The third-order valence-electron chi connectivity index (χ3n) is 3.95. The number of rotatable bonds is 5. The maximum atomic E-state index is 11.3. The van der Waals surface area contributed by atoms with Gasteiger partial charge in [-0.1, -0.05) is 24.3 Å². The van der Waals surface area contributed by atoms with E-state index in [9.17, 15) is 9.90 Å². The van der Waals surface area contributed by atoms with Crippen LogP contribution in [0.1, 0.15) is 17.0 Å². The van der Waals surface area contributed by atoms with Crippen molar-refractivity contribution in [3.8, 4) is 5.69 Å². The summed E-state index contributed by atoms with van der Waals surface area (Å²) in [6.07, 6.45) is 7.17. The van der Waals surface area contributed by atoms with Crippen LogP contribution in [0, 0.1) is 0 Å². The van der Waals surface area contributed by atoms with Crippen LogP contribution < -0.4 is 0 Å². The van der Waals surface area contributed by atoms with E-state index in [1.54, 1.807) is 12.5 Å². The molecule has 4 rings (SSSR count). The van der Waals surface area contributed by atoms with Gasteiger partial charge in [-0.3, -0.25) is 4.79 Å². The lowest BCUT2D eigenvalue weighted by molar-refractivity contribution is -0.135. The van der Waals surface area contributed by atoms with Gasteiger partial charge >= 0.3 is 5.97 Å². The van der Waals surface area contributed by atoms with E-state index in [4.69, 9.17) is 0 Å². The second kappa shape index (κ2) is 6.93. The van der Waals surface area contributed by atoms with Crippen molar-refractivity contribution in [1.82, 2.24) is 14.5 Å². The van der Waals surface area contributed by atoms with Crippen molar-refractivity contribution in [2.24, 2.45) is 0 Å². The monoisotopic (exact) mass is 361 g/mol. The summed E-state index contributed by atoms with van der Waals surface area (Å²) in [6.45, 7) is 0. The highest BCUT2D eigenvalue weighted by molar-refractivity contribution is 7.19. The zero-order valence-electron chi connectivity index (χ0n) is 13.7. The summed E-state index contributed by atoms with van der Waals surface area (Å²) in [7, 11) is 0. The molecule has 128 valence electrons. The first-order valence-electron chi connectivity index (χ1n) is 8.06. The molecule has 0 fully saturated rings. The number of hydrogen-bond acceptors (Lipinski definition) is 4. The van der Waals surface area contributed by atoms with E-state index < -0.39 is 5.97 Å². The molecular formula is C20H15N3O2S. The summed E-state index contributed by atoms with van der Waals surface area (Å²) in [4.78, 5) is 20.0. The molecule has 0 spiro atoms. The molecule has 26 heavy (non-hydrogen) atoms. The molecule has 0 aliphatic carbocycles. The molecule has 1 N–H and O–H groups in total. The molecule has 6 heteroatoms. The van der Waals surface area contributed by atoms with Crippen LogP contribution in [-0.4, -0.2) is 25.6 Å². The summed E-state index contributed by atoms with van der Waals surface area (Å²) in [5, 5.41) is 10.0. The van der Waals surface area contributed by atoms with Crippen LogP contribution in [0.4, 0.5) is 0 Å².